The molecule has 0 radical (unpaired) electrons. The van der Waals surface area contributed by atoms with Crippen molar-refractivity contribution in [2.45, 2.75) is 38.3 Å². The Kier molecular flexibility index (Phi) is 3.78. The van der Waals surface area contributed by atoms with Crippen molar-refractivity contribution < 1.29 is 14.3 Å². The van der Waals surface area contributed by atoms with Crippen molar-refractivity contribution >= 4 is 23.2 Å². The van der Waals surface area contributed by atoms with Gasteiger partial charge in [-0.1, -0.05) is 6.07 Å². The van der Waals surface area contributed by atoms with Gasteiger partial charge in [-0.15, -0.1) is 11.3 Å². The predicted molar refractivity (Wildman–Crippen MR) is 64.7 cm³/mol. The first-order valence-corrected chi connectivity index (χ1v) is 6.55. The normalized spacial score (nSPS) is 16.3. The van der Waals surface area contributed by atoms with E-state index in [4.69, 9.17) is 4.74 Å². The summed E-state index contributed by atoms with van der Waals surface area (Å²) in [5, 5.41) is 4.71. The first-order chi connectivity index (χ1) is 8.15. The summed E-state index contributed by atoms with van der Waals surface area (Å²) < 4.78 is 5.07. The van der Waals surface area contributed by atoms with Crippen LogP contribution in [0.2, 0.25) is 0 Å². The largest absolute Gasteiger partial charge is 0.452 e. The van der Waals surface area contributed by atoms with E-state index in [-0.39, 0.29) is 18.3 Å². The van der Waals surface area contributed by atoms with E-state index in [9.17, 15) is 9.59 Å². The number of carbonyl (C=O) groups is 2. The molecule has 1 amide bonds. The van der Waals surface area contributed by atoms with E-state index in [1.807, 2.05) is 17.5 Å². The van der Waals surface area contributed by atoms with Crippen molar-refractivity contribution in [2.75, 3.05) is 0 Å². The number of esters is 1. The summed E-state index contributed by atoms with van der Waals surface area (Å²) in [6, 6.07) is 4.05. The average Bonchev–Trinajstić information content (AvgIpc) is 2.93. The molecule has 0 bridgehead atoms. The van der Waals surface area contributed by atoms with Crippen LogP contribution >= 0.6 is 11.3 Å². The van der Waals surface area contributed by atoms with Gasteiger partial charge in [0.2, 0.25) is 0 Å². The summed E-state index contributed by atoms with van der Waals surface area (Å²) >= 11 is 1.51. The van der Waals surface area contributed by atoms with Crippen molar-refractivity contribution in [1.29, 1.82) is 0 Å². The maximum Gasteiger partial charge on any atom is 0.311 e. The minimum absolute atomic E-state index is 0.202. The fourth-order valence-electron chi connectivity index (χ4n) is 1.39. The molecular weight excluding hydrogens is 238 g/mol. The molecule has 2 rings (SSSR count). The second kappa shape index (κ2) is 5.31. The molecule has 1 fully saturated rings. The van der Waals surface area contributed by atoms with Crippen LogP contribution < -0.4 is 5.32 Å². The van der Waals surface area contributed by atoms with E-state index in [0.29, 0.717) is 6.04 Å². The third-order valence-electron chi connectivity index (χ3n) is 2.50. The first-order valence-electron chi connectivity index (χ1n) is 5.67. The molecule has 4 nitrogen and oxygen atoms in total. The van der Waals surface area contributed by atoms with E-state index in [2.05, 4.69) is 5.32 Å². The van der Waals surface area contributed by atoms with Crippen LogP contribution in [0.5, 0.6) is 0 Å². The Balaban J connectivity index is 1.75. The van der Waals surface area contributed by atoms with Gasteiger partial charge in [-0.3, -0.25) is 9.59 Å². The summed E-state index contributed by atoms with van der Waals surface area (Å²) in [6.45, 7) is 1.60. The van der Waals surface area contributed by atoms with Crippen molar-refractivity contribution in [3.63, 3.8) is 0 Å². The quantitative estimate of drug-likeness (QED) is 0.809. The Labute approximate surface area is 104 Å². The summed E-state index contributed by atoms with van der Waals surface area (Å²) in [5.74, 6) is -0.557. The van der Waals surface area contributed by atoms with Crippen LogP contribution in [0.25, 0.3) is 0 Å². The maximum atomic E-state index is 11.5. The Morgan fingerprint density at radius 2 is 2.35 bits per heavy atom. The molecule has 0 unspecified atom stereocenters. The molecule has 1 aromatic heterocycles. The number of hydrogen-bond acceptors (Lipinski definition) is 4. The molecule has 17 heavy (non-hydrogen) atoms. The Morgan fingerprint density at radius 3 is 2.94 bits per heavy atom. The Morgan fingerprint density at radius 1 is 1.59 bits per heavy atom. The highest BCUT2D eigenvalue weighted by Crippen LogP contribution is 2.19. The maximum absolute atomic E-state index is 11.5. The molecule has 0 aliphatic heterocycles. The monoisotopic (exact) mass is 253 g/mol. The SMILES string of the molecule is C[C@@H](OC(=O)Cc1cccs1)C(=O)NC1CC1. The standard InChI is InChI=1S/C12H15NO3S/c1-8(12(15)13-9-4-5-9)16-11(14)7-10-3-2-6-17-10/h2-3,6,8-9H,4-5,7H2,1H3,(H,13,15)/t8-/m1/s1. The van der Waals surface area contributed by atoms with E-state index >= 15 is 0 Å². The molecule has 0 aromatic carbocycles. The van der Waals surface area contributed by atoms with Gasteiger partial charge in [-0.05, 0) is 31.2 Å². The number of ether oxygens (including phenoxy) is 1. The summed E-state index contributed by atoms with van der Waals surface area (Å²) in [4.78, 5) is 24.0. The lowest BCUT2D eigenvalue weighted by atomic mass is 10.3. The van der Waals surface area contributed by atoms with E-state index in [1.54, 1.807) is 6.92 Å². The minimum atomic E-state index is -0.705. The highest BCUT2D eigenvalue weighted by atomic mass is 32.1. The van der Waals surface area contributed by atoms with Crippen LogP contribution in [0.15, 0.2) is 17.5 Å². The van der Waals surface area contributed by atoms with Gasteiger partial charge in [0.15, 0.2) is 6.10 Å². The Hall–Kier alpha value is -1.36. The van der Waals surface area contributed by atoms with Gasteiger partial charge in [-0.25, -0.2) is 0 Å². The number of carbonyl (C=O) groups excluding carboxylic acids is 2. The highest BCUT2D eigenvalue weighted by Gasteiger charge is 2.27. The lowest BCUT2D eigenvalue weighted by molar-refractivity contribution is -0.154. The zero-order valence-corrected chi connectivity index (χ0v) is 10.5. The number of amides is 1. The lowest BCUT2D eigenvalue weighted by Crippen LogP contribution is -2.37. The third kappa shape index (κ3) is 3.85. The van der Waals surface area contributed by atoms with Crippen molar-refractivity contribution in [2.24, 2.45) is 0 Å². The third-order valence-corrected chi connectivity index (χ3v) is 3.38. The number of rotatable bonds is 5. The zero-order chi connectivity index (χ0) is 12.3. The van der Waals surface area contributed by atoms with Crippen LogP contribution in [0.1, 0.15) is 24.6 Å². The summed E-state index contributed by atoms with van der Waals surface area (Å²) in [7, 11) is 0. The first kappa shape index (κ1) is 12.1. The molecular formula is C12H15NO3S. The molecule has 92 valence electrons. The average molecular weight is 253 g/mol. The summed E-state index contributed by atoms with van der Waals surface area (Å²) in [6.07, 6.45) is 1.59. The Bertz CT molecular complexity index is 398. The van der Waals surface area contributed by atoms with Crippen molar-refractivity contribution in [1.82, 2.24) is 5.32 Å². The fourth-order valence-corrected chi connectivity index (χ4v) is 2.08. The van der Waals surface area contributed by atoms with Gasteiger partial charge in [0.05, 0.1) is 6.42 Å². The molecule has 5 heteroatoms. The van der Waals surface area contributed by atoms with Gasteiger partial charge in [0.25, 0.3) is 5.91 Å². The summed E-state index contributed by atoms with van der Waals surface area (Å²) in [5.41, 5.74) is 0. The van der Waals surface area contributed by atoms with E-state index in [1.165, 1.54) is 11.3 Å². The number of thiophene rings is 1. The van der Waals surface area contributed by atoms with Gasteiger partial charge in [-0.2, -0.15) is 0 Å². The second-order valence-electron chi connectivity index (χ2n) is 4.17. The van der Waals surface area contributed by atoms with Crippen LogP contribution in [-0.2, 0) is 20.7 Å². The van der Waals surface area contributed by atoms with E-state index in [0.717, 1.165) is 17.7 Å². The van der Waals surface area contributed by atoms with Gasteiger partial charge < -0.3 is 10.1 Å². The highest BCUT2D eigenvalue weighted by molar-refractivity contribution is 7.10. The molecule has 1 aromatic rings. The lowest BCUT2D eigenvalue weighted by Gasteiger charge is -2.12. The molecule has 1 saturated carbocycles. The second-order valence-corrected chi connectivity index (χ2v) is 5.20. The van der Waals surface area contributed by atoms with Crippen LogP contribution in [0.3, 0.4) is 0 Å². The number of nitrogens with one attached hydrogen (secondary N) is 1. The topological polar surface area (TPSA) is 55.4 Å². The molecule has 0 spiro atoms. The van der Waals surface area contributed by atoms with E-state index < -0.39 is 6.10 Å². The van der Waals surface area contributed by atoms with Gasteiger partial charge >= 0.3 is 5.97 Å². The zero-order valence-electron chi connectivity index (χ0n) is 9.64. The van der Waals surface area contributed by atoms with Crippen molar-refractivity contribution in [3.05, 3.63) is 22.4 Å². The fraction of sp³-hybridized carbons (Fsp3) is 0.500. The van der Waals surface area contributed by atoms with Crippen molar-refractivity contribution in [3.8, 4) is 0 Å². The molecule has 1 N–H and O–H groups in total. The number of hydrogen-bond donors (Lipinski definition) is 1. The predicted octanol–water partition coefficient (Wildman–Crippen LogP) is 1.50. The van der Waals surface area contributed by atoms with Crippen LogP contribution in [-0.4, -0.2) is 24.0 Å². The molecule has 1 heterocycles. The smallest absolute Gasteiger partial charge is 0.311 e. The van der Waals surface area contributed by atoms with Crippen LogP contribution in [0, 0.1) is 0 Å². The minimum Gasteiger partial charge on any atom is -0.452 e. The van der Waals surface area contributed by atoms with Gasteiger partial charge in [0.1, 0.15) is 0 Å². The molecule has 0 saturated heterocycles. The van der Waals surface area contributed by atoms with Gasteiger partial charge in [0, 0.05) is 10.9 Å². The van der Waals surface area contributed by atoms with Crippen LogP contribution in [0.4, 0.5) is 0 Å². The molecule has 1 aliphatic carbocycles. The molecule has 1 aliphatic rings. The molecule has 1 atom stereocenters.